The van der Waals surface area contributed by atoms with Gasteiger partial charge in [0.2, 0.25) is 17.7 Å². The average Bonchev–Trinajstić information content (AvgIpc) is 2.81. The Labute approximate surface area is 134 Å². The number of nitrogens with one attached hydrogen (secondary N) is 1. The molecule has 7 heteroatoms. The standard InChI is InChI=1S/C16H20FN3O3/c1-19(2)14(22)9-18-16(23)12-8-13(21)20(3)15(12)10-4-6-11(17)7-5-10/h4-7,12,15H,8-9H2,1-3H3,(H,18,23). The van der Waals surface area contributed by atoms with Crippen LogP contribution in [-0.4, -0.2) is 55.2 Å². The lowest BCUT2D eigenvalue weighted by molar-refractivity contribution is -0.132. The van der Waals surface area contributed by atoms with Gasteiger partial charge < -0.3 is 15.1 Å². The molecule has 1 heterocycles. The van der Waals surface area contributed by atoms with Gasteiger partial charge in [-0.3, -0.25) is 14.4 Å². The summed E-state index contributed by atoms with van der Waals surface area (Å²) in [5.74, 6) is -1.72. The van der Waals surface area contributed by atoms with Crippen LogP contribution in [0.2, 0.25) is 0 Å². The van der Waals surface area contributed by atoms with Crippen LogP contribution in [0.15, 0.2) is 24.3 Å². The van der Waals surface area contributed by atoms with Crippen molar-refractivity contribution in [3.63, 3.8) is 0 Å². The van der Waals surface area contributed by atoms with E-state index in [4.69, 9.17) is 0 Å². The van der Waals surface area contributed by atoms with Gasteiger partial charge in [0.05, 0.1) is 18.5 Å². The van der Waals surface area contributed by atoms with Gasteiger partial charge in [0.15, 0.2) is 0 Å². The molecule has 1 aliphatic heterocycles. The van der Waals surface area contributed by atoms with Crippen LogP contribution in [0.5, 0.6) is 0 Å². The second kappa shape index (κ2) is 6.76. The molecular formula is C16H20FN3O3. The first-order chi connectivity index (χ1) is 10.8. The molecular weight excluding hydrogens is 301 g/mol. The molecule has 2 unspecified atom stereocenters. The molecule has 2 atom stereocenters. The number of carbonyl (C=O) groups is 3. The lowest BCUT2D eigenvalue weighted by Crippen LogP contribution is -2.40. The highest BCUT2D eigenvalue weighted by atomic mass is 19.1. The van der Waals surface area contributed by atoms with Crippen LogP contribution in [0.4, 0.5) is 4.39 Å². The van der Waals surface area contributed by atoms with Crippen molar-refractivity contribution in [3.05, 3.63) is 35.6 Å². The SMILES string of the molecule is CN(C)C(=O)CNC(=O)C1CC(=O)N(C)C1c1ccc(F)cc1. The van der Waals surface area contributed by atoms with Crippen molar-refractivity contribution in [2.45, 2.75) is 12.5 Å². The molecule has 0 spiro atoms. The molecule has 0 saturated carbocycles. The van der Waals surface area contributed by atoms with E-state index in [0.717, 1.165) is 0 Å². The Morgan fingerprint density at radius 3 is 2.48 bits per heavy atom. The zero-order valence-corrected chi connectivity index (χ0v) is 13.4. The fourth-order valence-corrected chi connectivity index (χ4v) is 2.67. The van der Waals surface area contributed by atoms with E-state index in [1.165, 1.54) is 21.9 Å². The van der Waals surface area contributed by atoms with Crippen molar-refractivity contribution in [2.75, 3.05) is 27.7 Å². The molecule has 124 valence electrons. The van der Waals surface area contributed by atoms with Gasteiger partial charge in [-0.05, 0) is 17.7 Å². The predicted molar refractivity (Wildman–Crippen MR) is 81.7 cm³/mol. The molecule has 0 aliphatic carbocycles. The van der Waals surface area contributed by atoms with Crippen molar-refractivity contribution in [1.82, 2.24) is 15.1 Å². The van der Waals surface area contributed by atoms with Crippen molar-refractivity contribution in [3.8, 4) is 0 Å². The van der Waals surface area contributed by atoms with E-state index in [2.05, 4.69) is 5.32 Å². The van der Waals surface area contributed by atoms with Crippen LogP contribution >= 0.6 is 0 Å². The number of nitrogens with zero attached hydrogens (tertiary/aromatic N) is 2. The minimum atomic E-state index is -0.604. The lowest BCUT2D eigenvalue weighted by Gasteiger charge is -2.25. The van der Waals surface area contributed by atoms with Gasteiger partial charge in [0, 0.05) is 27.6 Å². The fraction of sp³-hybridized carbons (Fsp3) is 0.438. The Morgan fingerprint density at radius 1 is 1.30 bits per heavy atom. The van der Waals surface area contributed by atoms with Crippen molar-refractivity contribution < 1.29 is 18.8 Å². The maximum atomic E-state index is 13.1. The van der Waals surface area contributed by atoms with E-state index in [1.807, 2.05) is 0 Å². The average molecular weight is 321 g/mol. The van der Waals surface area contributed by atoms with Crippen LogP contribution in [0, 0.1) is 11.7 Å². The number of hydrogen-bond donors (Lipinski definition) is 1. The van der Waals surface area contributed by atoms with Gasteiger partial charge in [0.25, 0.3) is 0 Å². The zero-order valence-electron chi connectivity index (χ0n) is 13.4. The molecule has 0 bridgehead atoms. The molecule has 0 radical (unpaired) electrons. The highest BCUT2D eigenvalue weighted by molar-refractivity contribution is 5.92. The van der Waals surface area contributed by atoms with Crippen molar-refractivity contribution in [1.29, 1.82) is 0 Å². The molecule has 1 aromatic carbocycles. The minimum absolute atomic E-state index is 0.0700. The third kappa shape index (κ3) is 3.67. The van der Waals surface area contributed by atoms with E-state index in [1.54, 1.807) is 33.3 Å². The van der Waals surface area contributed by atoms with E-state index < -0.39 is 12.0 Å². The zero-order chi connectivity index (χ0) is 17.1. The summed E-state index contributed by atoms with van der Waals surface area (Å²) in [4.78, 5) is 38.8. The largest absolute Gasteiger partial charge is 0.347 e. The van der Waals surface area contributed by atoms with E-state index in [9.17, 15) is 18.8 Å². The third-order valence-electron chi connectivity index (χ3n) is 4.05. The Hall–Kier alpha value is -2.44. The molecule has 2 rings (SSSR count). The first-order valence-electron chi connectivity index (χ1n) is 7.30. The number of benzene rings is 1. The van der Waals surface area contributed by atoms with Crippen LogP contribution < -0.4 is 5.32 Å². The molecule has 3 amide bonds. The predicted octanol–water partition coefficient (Wildman–Crippen LogP) is 0.549. The molecule has 1 fully saturated rings. The van der Waals surface area contributed by atoms with Crippen molar-refractivity contribution in [2.24, 2.45) is 5.92 Å². The van der Waals surface area contributed by atoms with Gasteiger partial charge in [-0.25, -0.2) is 4.39 Å². The monoisotopic (exact) mass is 321 g/mol. The Bertz CT molecular complexity index is 616. The van der Waals surface area contributed by atoms with Gasteiger partial charge >= 0.3 is 0 Å². The van der Waals surface area contributed by atoms with Gasteiger partial charge in [-0.2, -0.15) is 0 Å². The van der Waals surface area contributed by atoms with Gasteiger partial charge in [-0.1, -0.05) is 12.1 Å². The van der Waals surface area contributed by atoms with E-state index in [-0.39, 0.29) is 36.5 Å². The third-order valence-corrected chi connectivity index (χ3v) is 4.05. The number of likely N-dealkylation sites (N-methyl/N-ethyl adjacent to an activating group) is 1. The van der Waals surface area contributed by atoms with Crippen LogP contribution in [-0.2, 0) is 14.4 Å². The van der Waals surface area contributed by atoms with Gasteiger partial charge in [0.1, 0.15) is 5.82 Å². The molecule has 1 saturated heterocycles. The summed E-state index contributed by atoms with van der Waals surface area (Å²) in [5.41, 5.74) is 0.693. The van der Waals surface area contributed by atoms with Crippen molar-refractivity contribution >= 4 is 17.7 Å². The summed E-state index contributed by atoms with van der Waals surface area (Å²) in [5, 5.41) is 2.57. The molecule has 6 nitrogen and oxygen atoms in total. The number of hydrogen-bond acceptors (Lipinski definition) is 3. The quantitative estimate of drug-likeness (QED) is 0.880. The maximum Gasteiger partial charge on any atom is 0.241 e. The highest BCUT2D eigenvalue weighted by Crippen LogP contribution is 2.37. The lowest BCUT2D eigenvalue weighted by atomic mass is 9.93. The Morgan fingerprint density at radius 2 is 1.91 bits per heavy atom. The van der Waals surface area contributed by atoms with E-state index in [0.29, 0.717) is 5.56 Å². The summed E-state index contributed by atoms with van der Waals surface area (Å²) < 4.78 is 13.1. The summed E-state index contributed by atoms with van der Waals surface area (Å²) in [7, 11) is 4.82. The smallest absolute Gasteiger partial charge is 0.241 e. The van der Waals surface area contributed by atoms with Gasteiger partial charge in [-0.15, -0.1) is 0 Å². The number of halogens is 1. The molecule has 23 heavy (non-hydrogen) atoms. The number of amides is 3. The second-order valence-electron chi connectivity index (χ2n) is 5.82. The van der Waals surface area contributed by atoms with Crippen LogP contribution in [0.25, 0.3) is 0 Å². The Balaban J connectivity index is 2.15. The van der Waals surface area contributed by atoms with Crippen LogP contribution in [0.1, 0.15) is 18.0 Å². The summed E-state index contributed by atoms with van der Waals surface area (Å²) in [6, 6.07) is 5.28. The topological polar surface area (TPSA) is 69.7 Å². The summed E-state index contributed by atoms with van der Waals surface area (Å²) in [6.07, 6.45) is 0.0700. The van der Waals surface area contributed by atoms with E-state index >= 15 is 0 Å². The second-order valence-corrected chi connectivity index (χ2v) is 5.82. The summed E-state index contributed by atoms with van der Waals surface area (Å²) >= 11 is 0. The number of likely N-dealkylation sites (tertiary alicyclic amines) is 1. The first-order valence-corrected chi connectivity index (χ1v) is 7.30. The number of carbonyl (C=O) groups excluding carboxylic acids is 3. The molecule has 1 N–H and O–H groups in total. The maximum absolute atomic E-state index is 13.1. The molecule has 1 aromatic rings. The first kappa shape index (κ1) is 16.9. The summed E-state index contributed by atoms with van der Waals surface area (Å²) in [6.45, 7) is -0.115. The fourth-order valence-electron chi connectivity index (χ4n) is 2.67. The molecule has 0 aromatic heterocycles. The highest BCUT2D eigenvalue weighted by Gasteiger charge is 2.42. The minimum Gasteiger partial charge on any atom is -0.347 e. The Kier molecular flexibility index (Phi) is 4.98. The number of rotatable bonds is 4. The van der Waals surface area contributed by atoms with Crippen LogP contribution in [0.3, 0.4) is 0 Å². The normalized spacial score (nSPS) is 20.5. The molecule has 1 aliphatic rings.